The second-order valence-corrected chi connectivity index (χ2v) is 23.1. The maximum atomic E-state index is 14.8. The van der Waals surface area contributed by atoms with Gasteiger partial charge in [0.25, 0.3) is 5.91 Å². The van der Waals surface area contributed by atoms with E-state index >= 15 is 0 Å². The molecule has 1 heterocycles. The van der Waals surface area contributed by atoms with Crippen LogP contribution in [0.15, 0.2) is 64.6 Å². The van der Waals surface area contributed by atoms with Gasteiger partial charge in [-0.25, -0.2) is 0 Å². The molecule has 0 radical (unpaired) electrons. The molecule has 25 heteroatoms. The van der Waals surface area contributed by atoms with E-state index in [-0.39, 0.29) is 76.5 Å². The fourth-order valence-electron chi connectivity index (χ4n) is 12.8. The molecule has 4 aliphatic carbocycles. The lowest BCUT2D eigenvalue weighted by molar-refractivity contribution is -0.165. The van der Waals surface area contributed by atoms with Gasteiger partial charge >= 0.3 is 0 Å². The molecule has 4 saturated carbocycles. The largest absolute Gasteiger partial charge is 0.494 e. The van der Waals surface area contributed by atoms with Crippen molar-refractivity contribution in [1.82, 2.24) is 36.4 Å². The fraction of sp³-hybridized carbons (Fsp3) is 0.603. The highest BCUT2D eigenvalue weighted by Crippen LogP contribution is 2.58. The second-order valence-electron chi connectivity index (χ2n) is 23.1. The Morgan fingerprint density at radius 2 is 1.22 bits per heavy atom. The molecule has 0 aromatic heterocycles. The molecule has 2 aromatic rings. The third kappa shape index (κ3) is 18.1. The van der Waals surface area contributed by atoms with E-state index in [4.69, 9.17) is 39.1 Å². The number of primary amides is 1. The van der Waals surface area contributed by atoms with Gasteiger partial charge in [0.05, 0.1) is 24.6 Å². The normalized spacial score (nSPS) is 21.6. The number of hydrogen-bond acceptors (Lipinski definition) is 13. The number of nitrogens with one attached hydrogen (secondary N) is 5. The highest BCUT2D eigenvalue weighted by molar-refractivity contribution is 6.01. The van der Waals surface area contributed by atoms with E-state index < -0.39 is 113 Å². The summed E-state index contributed by atoms with van der Waals surface area (Å²) in [6.45, 7) is 7.30. The van der Waals surface area contributed by atoms with Crippen molar-refractivity contribution in [2.24, 2.45) is 68.1 Å². The molecule has 83 heavy (non-hydrogen) atoms. The van der Waals surface area contributed by atoms with Gasteiger partial charge in [0.1, 0.15) is 42.0 Å². The topological polar surface area (TPSA) is 410 Å². The number of carbonyl (C=O) groups excluding carboxylic acids is 9. The zero-order valence-corrected chi connectivity index (χ0v) is 48.3. The van der Waals surface area contributed by atoms with Crippen molar-refractivity contribution in [2.75, 3.05) is 26.2 Å². The summed E-state index contributed by atoms with van der Waals surface area (Å²) in [5.41, 5.74) is 35.2. The van der Waals surface area contributed by atoms with Crippen molar-refractivity contribution < 1.29 is 47.9 Å². The summed E-state index contributed by atoms with van der Waals surface area (Å²) in [6.07, 6.45) is 5.79. The van der Waals surface area contributed by atoms with E-state index in [0.717, 1.165) is 24.8 Å². The van der Waals surface area contributed by atoms with Crippen molar-refractivity contribution in [3.8, 4) is 5.75 Å². The lowest BCUT2D eigenvalue weighted by Crippen LogP contribution is -2.66. The highest BCUT2D eigenvalue weighted by Gasteiger charge is 2.56. The number of nitrogens with two attached hydrogens (primary N) is 6. The van der Waals surface area contributed by atoms with Crippen LogP contribution in [0, 0.1) is 23.7 Å². The SMILES string of the molecule is CCOc1ccc(C[C@H](N)C(=O)N[C@@H](Cc2ccccc2)C(=O)N[C@H](C(=O)N[C@@H](CC(N)=O)C(=O)N[C@@H](CCCN=C(N)N)C(=O)N2CCC[C@H]2C(=O)N[C@@H](CCCN=C(N)N)C(=O)N(C(C)=O)C23CC4CC(CC(C4)C2)C3)C(C)C)cc1. The van der Waals surface area contributed by atoms with Gasteiger partial charge in [-0.2, -0.15) is 0 Å². The number of guanidine groups is 2. The van der Waals surface area contributed by atoms with Crippen molar-refractivity contribution in [3.05, 3.63) is 65.7 Å². The van der Waals surface area contributed by atoms with Gasteiger partial charge in [-0.15, -0.1) is 0 Å². The predicted octanol–water partition coefficient (Wildman–Crippen LogP) is -0.405. The minimum atomic E-state index is -1.67. The smallest absolute Gasteiger partial charge is 0.252 e. The van der Waals surface area contributed by atoms with Gasteiger partial charge in [-0.05, 0) is 137 Å². The Morgan fingerprint density at radius 1 is 0.675 bits per heavy atom. The first-order chi connectivity index (χ1) is 39.5. The molecule has 1 aliphatic heterocycles. The van der Waals surface area contributed by atoms with Crippen LogP contribution < -0.4 is 65.7 Å². The van der Waals surface area contributed by atoms with Crippen molar-refractivity contribution >= 4 is 65.1 Å². The number of amides is 9. The molecule has 4 bridgehead atoms. The zero-order valence-electron chi connectivity index (χ0n) is 48.3. The summed E-state index contributed by atoms with van der Waals surface area (Å²) < 4.78 is 5.52. The van der Waals surface area contributed by atoms with E-state index in [1.807, 2.05) is 6.92 Å². The molecule has 5 fully saturated rings. The Hall–Kier alpha value is -7.83. The molecular weight excluding hydrogens is 1070 g/mol. The average molecular weight is 1150 g/mol. The Kier molecular flexibility index (Phi) is 23.2. The molecule has 17 N–H and O–H groups in total. The number of likely N-dealkylation sites (tertiary alicyclic amines) is 1. The Labute approximate surface area is 485 Å². The maximum absolute atomic E-state index is 14.8. The standard InChI is InChI=1S/C58H87N15O10/c1-5-83-40-19-17-36(18-20-40)27-41(59)49(76)69-44(28-35-12-7-6-8-13-35)51(78)71-48(33(2)3)53(80)70-45(29-47(60)75)50(77)67-42(14-9-21-65-56(61)62)54(81)72-23-11-16-46(72)52(79)68-43(15-10-22-66-57(63)64)55(82)73(34(4)74)58-30-37-24-38(31-58)26-39(25-37)32-58/h6-8,12-13,17-20,33,37-39,41-46,48H,5,9-11,14-16,21-32,59H2,1-4H3,(H2,60,75)(H,67,77)(H,68,79)(H,69,76)(H,70,80)(H,71,78)(H4,61,62,65)(H4,63,64,66)/t37?,38?,39?,41-,42-,43-,44-,45-,46-,48-,58?/m0/s1. The number of ether oxygens (including phenoxy) is 1. The van der Waals surface area contributed by atoms with Crippen LogP contribution in [0.4, 0.5) is 0 Å². The fourth-order valence-corrected chi connectivity index (χ4v) is 12.8. The van der Waals surface area contributed by atoms with Gasteiger partial charge in [0, 0.05) is 33.0 Å². The molecule has 9 amide bonds. The van der Waals surface area contributed by atoms with Crippen LogP contribution in [0.2, 0.25) is 0 Å². The minimum Gasteiger partial charge on any atom is -0.494 e. The Bertz CT molecular complexity index is 2640. The minimum absolute atomic E-state index is 0.0189. The van der Waals surface area contributed by atoms with Crippen LogP contribution in [-0.4, -0.2) is 149 Å². The second kappa shape index (κ2) is 29.9. The average Bonchev–Trinajstić information content (AvgIpc) is 2.12. The Balaban J connectivity index is 1.18. The number of nitrogens with zero attached hydrogens (tertiary/aromatic N) is 4. The summed E-state index contributed by atoms with van der Waals surface area (Å²) in [5, 5.41) is 13.6. The van der Waals surface area contributed by atoms with Gasteiger partial charge < -0.3 is 70.6 Å². The van der Waals surface area contributed by atoms with E-state index in [1.54, 1.807) is 68.4 Å². The third-order valence-corrected chi connectivity index (χ3v) is 16.2. The van der Waals surface area contributed by atoms with Crippen LogP contribution in [0.1, 0.15) is 122 Å². The van der Waals surface area contributed by atoms with Gasteiger partial charge in [-0.3, -0.25) is 58.0 Å². The molecule has 2 aromatic carbocycles. The van der Waals surface area contributed by atoms with E-state index in [0.29, 0.717) is 61.4 Å². The first-order valence-electron chi connectivity index (χ1n) is 29.0. The van der Waals surface area contributed by atoms with E-state index in [9.17, 15) is 43.2 Å². The number of benzene rings is 2. The zero-order chi connectivity index (χ0) is 60.5. The van der Waals surface area contributed by atoms with Gasteiger partial charge in [-0.1, -0.05) is 56.3 Å². The van der Waals surface area contributed by atoms with Crippen LogP contribution >= 0.6 is 0 Å². The molecule has 454 valence electrons. The van der Waals surface area contributed by atoms with Crippen LogP contribution in [0.5, 0.6) is 5.75 Å². The van der Waals surface area contributed by atoms with Crippen LogP contribution in [0.3, 0.4) is 0 Å². The predicted molar refractivity (Wildman–Crippen MR) is 311 cm³/mol. The van der Waals surface area contributed by atoms with Gasteiger partial charge in [0.2, 0.25) is 47.3 Å². The molecule has 0 spiro atoms. The molecular formula is C58H87N15O10. The first kappa shape index (κ1) is 64.3. The number of aliphatic imine (C=N–C) groups is 2. The number of rotatable bonds is 30. The van der Waals surface area contributed by atoms with E-state index in [1.165, 1.54) is 16.7 Å². The molecule has 25 nitrogen and oxygen atoms in total. The van der Waals surface area contributed by atoms with Crippen molar-refractivity contribution in [3.63, 3.8) is 0 Å². The van der Waals surface area contributed by atoms with Crippen molar-refractivity contribution in [1.29, 1.82) is 0 Å². The lowest BCUT2D eigenvalue weighted by Gasteiger charge is -2.60. The van der Waals surface area contributed by atoms with E-state index in [2.05, 4.69) is 36.6 Å². The first-order valence-corrected chi connectivity index (χ1v) is 29.0. The lowest BCUT2D eigenvalue weighted by atomic mass is 9.52. The summed E-state index contributed by atoms with van der Waals surface area (Å²) in [4.78, 5) is 138. The quantitative estimate of drug-likeness (QED) is 0.0269. The van der Waals surface area contributed by atoms with Crippen molar-refractivity contribution in [2.45, 2.75) is 172 Å². The highest BCUT2D eigenvalue weighted by atomic mass is 16.5. The molecule has 1 saturated heterocycles. The number of imide groups is 1. The van der Waals surface area contributed by atoms with Gasteiger partial charge in [0.15, 0.2) is 11.9 Å². The summed E-state index contributed by atoms with van der Waals surface area (Å²) in [5.74, 6) is -5.58. The molecule has 7 atom stereocenters. The summed E-state index contributed by atoms with van der Waals surface area (Å²) >= 11 is 0. The Morgan fingerprint density at radius 3 is 1.76 bits per heavy atom. The monoisotopic (exact) mass is 1150 g/mol. The molecule has 7 rings (SSSR count). The number of carbonyl (C=O) groups is 9. The summed E-state index contributed by atoms with van der Waals surface area (Å²) in [7, 11) is 0. The molecule has 0 unspecified atom stereocenters. The van der Waals surface area contributed by atoms with Crippen LogP contribution in [-0.2, 0) is 56.0 Å². The summed E-state index contributed by atoms with van der Waals surface area (Å²) in [6, 6.07) is 7.05. The maximum Gasteiger partial charge on any atom is 0.252 e. The van der Waals surface area contributed by atoms with Crippen LogP contribution in [0.25, 0.3) is 0 Å². The third-order valence-electron chi connectivity index (χ3n) is 16.2. The molecule has 5 aliphatic rings. The number of hydrogen-bond donors (Lipinski definition) is 11.